The fraction of sp³-hybridized carbons (Fsp3) is 0.809. The van der Waals surface area contributed by atoms with Crippen LogP contribution in [0.4, 0.5) is 0 Å². The number of carbonyl (C=O) groups excluding carboxylic acids is 1. The standard InChI is InChI=1S/C68H127N2O6P/c1-6-8-10-12-14-16-18-20-22-24-26-28-30-32-33-34-35-36-38-39-41-43-45-47-49-51-53-55-57-59-61-67(71)66(65-76-77(73,74)75-64-63-70(3,4)5)69-68(72)62-60-58-56-54-52-50-48-46-44-42-40-37-31-29-27-25-23-21-19-17-15-13-11-9-7-2/h9,11,15,17,21,23,27,29,37,40,59,61,66-67,71H,6-8,10,12-14,16,18-20,22,24-26,28,30-36,38-39,41-58,60,62-65H2,1-5H3,(H-,69,72,73,74)/b11-9-,17-15-,23-21-,29-27-,40-37-,61-59+. The molecule has 0 aliphatic carbocycles. The second kappa shape index (κ2) is 58.6. The third-order valence-corrected chi connectivity index (χ3v) is 15.6. The van der Waals surface area contributed by atoms with Crippen LogP contribution in [0.5, 0.6) is 0 Å². The van der Waals surface area contributed by atoms with Crippen molar-refractivity contribution in [1.29, 1.82) is 0 Å². The first-order valence-electron chi connectivity index (χ1n) is 32.8. The van der Waals surface area contributed by atoms with E-state index in [1.54, 1.807) is 6.08 Å². The van der Waals surface area contributed by atoms with E-state index in [-0.39, 0.29) is 19.1 Å². The first-order valence-corrected chi connectivity index (χ1v) is 34.3. The molecule has 0 aliphatic heterocycles. The minimum Gasteiger partial charge on any atom is -0.756 e. The molecule has 0 heterocycles. The van der Waals surface area contributed by atoms with Crippen molar-refractivity contribution in [3.63, 3.8) is 0 Å². The van der Waals surface area contributed by atoms with E-state index in [4.69, 9.17) is 9.05 Å². The molecule has 0 rings (SSSR count). The molecular formula is C68H127N2O6P. The van der Waals surface area contributed by atoms with E-state index >= 15 is 0 Å². The molecule has 450 valence electrons. The average molecular weight is 1100 g/mol. The van der Waals surface area contributed by atoms with E-state index in [9.17, 15) is 19.4 Å². The summed E-state index contributed by atoms with van der Waals surface area (Å²) in [7, 11) is 1.26. The van der Waals surface area contributed by atoms with Gasteiger partial charge in [0.2, 0.25) is 5.91 Å². The molecule has 2 N–H and O–H groups in total. The molecule has 0 aromatic rings. The van der Waals surface area contributed by atoms with Gasteiger partial charge in [-0.05, 0) is 64.2 Å². The number of allylic oxidation sites excluding steroid dienone is 11. The lowest BCUT2D eigenvalue weighted by Crippen LogP contribution is -2.45. The number of phosphoric acid groups is 1. The molecule has 3 atom stereocenters. The highest BCUT2D eigenvalue weighted by Crippen LogP contribution is 2.38. The van der Waals surface area contributed by atoms with Gasteiger partial charge in [0.1, 0.15) is 13.2 Å². The van der Waals surface area contributed by atoms with E-state index < -0.39 is 20.0 Å². The number of aliphatic hydroxyl groups excluding tert-OH is 1. The SMILES string of the molecule is CC/C=C\C/C=C\C/C=C\C/C=C\C/C=C\CCCCCCCCCCCC(=O)NC(COP(=O)([O-])OCC[N+](C)(C)C)C(O)/C=C/CCCCCCCCCCCCCCCCCCCCCCCCCCCCCC. The molecule has 1 amide bonds. The van der Waals surface area contributed by atoms with Crippen molar-refractivity contribution in [1.82, 2.24) is 5.32 Å². The number of hydrogen-bond acceptors (Lipinski definition) is 6. The van der Waals surface area contributed by atoms with Crippen molar-refractivity contribution in [2.24, 2.45) is 0 Å². The lowest BCUT2D eigenvalue weighted by molar-refractivity contribution is -0.870. The van der Waals surface area contributed by atoms with Gasteiger partial charge in [-0.25, -0.2) is 0 Å². The van der Waals surface area contributed by atoms with Crippen LogP contribution in [0.3, 0.4) is 0 Å². The van der Waals surface area contributed by atoms with Crippen molar-refractivity contribution in [3.8, 4) is 0 Å². The summed E-state index contributed by atoms with van der Waals surface area (Å²) in [5.74, 6) is -0.203. The Balaban J connectivity index is 4.13. The zero-order valence-electron chi connectivity index (χ0n) is 51.4. The predicted octanol–water partition coefficient (Wildman–Crippen LogP) is 20.0. The van der Waals surface area contributed by atoms with Crippen LogP contribution in [-0.2, 0) is 18.4 Å². The smallest absolute Gasteiger partial charge is 0.268 e. The van der Waals surface area contributed by atoms with Gasteiger partial charge in [0, 0.05) is 6.42 Å². The number of nitrogens with one attached hydrogen (secondary N) is 1. The van der Waals surface area contributed by atoms with Crippen LogP contribution in [-0.4, -0.2) is 68.5 Å². The maximum Gasteiger partial charge on any atom is 0.268 e. The lowest BCUT2D eigenvalue weighted by Gasteiger charge is -2.29. The summed E-state index contributed by atoms with van der Waals surface area (Å²) in [6, 6.07) is -0.896. The maximum atomic E-state index is 13.0. The Kier molecular flexibility index (Phi) is 57.0. The summed E-state index contributed by atoms with van der Waals surface area (Å²) < 4.78 is 23.4. The molecule has 0 saturated heterocycles. The van der Waals surface area contributed by atoms with Gasteiger partial charge in [-0.3, -0.25) is 9.36 Å². The number of hydrogen-bond donors (Lipinski definition) is 2. The number of rotatable bonds is 60. The molecule has 0 spiro atoms. The third-order valence-electron chi connectivity index (χ3n) is 14.7. The molecule has 0 aliphatic rings. The van der Waals surface area contributed by atoms with Crippen molar-refractivity contribution < 1.29 is 32.9 Å². The Hall–Kier alpha value is -2.06. The van der Waals surface area contributed by atoms with Gasteiger partial charge in [-0.15, -0.1) is 0 Å². The highest BCUT2D eigenvalue weighted by atomic mass is 31.2. The zero-order chi connectivity index (χ0) is 56.3. The molecule has 3 unspecified atom stereocenters. The number of aliphatic hydroxyl groups is 1. The molecule has 0 saturated carbocycles. The summed E-state index contributed by atoms with van der Waals surface area (Å²) in [6.07, 6.45) is 81.5. The van der Waals surface area contributed by atoms with Gasteiger partial charge in [0.25, 0.3) is 7.82 Å². The predicted molar refractivity (Wildman–Crippen MR) is 334 cm³/mol. The molecule has 0 fully saturated rings. The Labute approximate surface area is 478 Å². The highest BCUT2D eigenvalue weighted by molar-refractivity contribution is 7.45. The molecule has 9 heteroatoms. The van der Waals surface area contributed by atoms with Crippen molar-refractivity contribution >= 4 is 13.7 Å². The van der Waals surface area contributed by atoms with Gasteiger partial charge >= 0.3 is 0 Å². The van der Waals surface area contributed by atoms with E-state index in [0.717, 1.165) is 77.0 Å². The monoisotopic (exact) mass is 1100 g/mol. The second-order valence-corrected chi connectivity index (χ2v) is 24.9. The number of nitrogens with zero attached hydrogens (tertiary/aromatic N) is 1. The average Bonchev–Trinajstić information content (AvgIpc) is 3.39. The van der Waals surface area contributed by atoms with E-state index in [0.29, 0.717) is 17.4 Å². The van der Waals surface area contributed by atoms with Crippen LogP contribution >= 0.6 is 7.82 Å². The maximum absolute atomic E-state index is 13.0. The number of phosphoric ester groups is 1. The first kappa shape index (κ1) is 74.9. The fourth-order valence-electron chi connectivity index (χ4n) is 9.60. The topological polar surface area (TPSA) is 108 Å². The molecule has 0 aromatic heterocycles. The van der Waals surface area contributed by atoms with Crippen LogP contribution in [0.2, 0.25) is 0 Å². The third kappa shape index (κ3) is 61.4. The van der Waals surface area contributed by atoms with E-state index in [2.05, 4.69) is 79.9 Å². The minimum atomic E-state index is -4.61. The number of unbranched alkanes of at least 4 members (excludes halogenated alkanes) is 37. The minimum absolute atomic E-state index is 0.00473. The number of quaternary nitrogens is 1. The quantitative estimate of drug-likeness (QED) is 0.0272. The van der Waals surface area contributed by atoms with Crippen LogP contribution < -0.4 is 10.2 Å². The summed E-state index contributed by atoms with van der Waals surface area (Å²) in [5.41, 5.74) is 0. The van der Waals surface area contributed by atoms with Crippen LogP contribution in [0.1, 0.15) is 303 Å². The van der Waals surface area contributed by atoms with Crippen molar-refractivity contribution in [2.45, 2.75) is 315 Å². The van der Waals surface area contributed by atoms with Gasteiger partial charge in [0.05, 0.1) is 39.9 Å². The molecule has 0 radical (unpaired) electrons. The summed E-state index contributed by atoms with van der Waals surface area (Å²) >= 11 is 0. The molecule has 0 aromatic carbocycles. The number of likely N-dealkylation sites (N-methyl/N-ethyl adjacent to an activating group) is 1. The Morgan fingerprint density at radius 3 is 1.16 bits per heavy atom. The molecular weight excluding hydrogens is 972 g/mol. The molecule has 8 nitrogen and oxygen atoms in total. The Morgan fingerprint density at radius 2 is 0.792 bits per heavy atom. The van der Waals surface area contributed by atoms with Gasteiger partial charge in [-0.2, -0.15) is 0 Å². The Bertz CT molecular complexity index is 1480. The zero-order valence-corrected chi connectivity index (χ0v) is 52.3. The normalized spacial score (nSPS) is 14.2. The largest absolute Gasteiger partial charge is 0.756 e. The van der Waals surface area contributed by atoms with Crippen LogP contribution in [0.15, 0.2) is 72.9 Å². The van der Waals surface area contributed by atoms with E-state index in [1.165, 1.54) is 205 Å². The summed E-state index contributed by atoms with van der Waals surface area (Å²) in [4.78, 5) is 25.6. The highest BCUT2D eigenvalue weighted by Gasteiger charge is 2.23. The number of amides is 1. The van der Waals surface area contributed by atoms with E-state index in [1.807, 2.05) is 27.2 Å². The van der Waals surface area contributed by atoms with Crippen LogP contribution in [0.25, 0.3) is 0 Å². The molecule has 0 bridgehead atoms. The van der Waals surface area contributed by atoms with Crippen molar-refractivity contribution in [3.05, 3.63) is 72.9 Å². The first-order chi connectivity index (χ1) is 37.5. The summed E-state index contributed by atoms with van der Waals surface area (Å²) in [5, 5.41) is 13.9. The summed E-state index contributed by atoms with van der Waals surface area (Å²) in [6.45, 7) is 4.56. The fourth-order valence-corrected chi connectivity index (χ4v) is 10.3. The van der Waals surface area contributed by atoms with Crippen molar-refractivity contribution in [2.75, 3.05) is 40.9 Å². The number of carbonyl (C=O) groups is 1. The van der Waals surface area contributed by atoms with Crippen LogP contribution in [0, 0.1) is 0 Å². The second-order valence-electron chi connectivity index (χ2n) is 23.4. The lowest BCUT2D eigenvalue weighted by atomic mass is 10.0. The van der Waals surface area contributed by atoms with Gasteiger partial charge in [0.15, 0.2) is 0 Å². The Morgan fingerprint density at radius 1 is 0.468 bits per heavy atom. The van der Waals surface area contributed by atoms with Gasteiger partial charge in [-0.1, -0.05) is 305 Å². The molecule has 77 heavy (non-hydrogen) atoms. The van der Waals surface area contributed by atoms with Gasteiger partial charge < -0.3 is 28.8 Å².